The van der Waals surface area contributed by atoms with Crippen LogP contribution >= 0.6 is 0 Å². The molecular formula is C13H23N2O2+. The van der Waals surface area contributed by atoms with Crippen LogP contribution in [0.3, 0.4) is 0 Å². The van der Waals surface area contributed by atoms with Gasteiger partial charge in [-0.1, -0.05) is 0 Å². The second-order valence-corrected chi connectivity index (χ2v) is 4.37. The van der Waals surface area contributed by atoms with E-state index in [1.807, 2.05) is 6.92 Å². The van der Waals surface area contributed by atoms with Crippen LogP contribution in [-0.2, 0) is 29.0 Å². The standard InChI is InChI=1S/C13H23N2O2/c1-2-16-11-12-17-10-9-15-8-7-14-6-4-3-5-13(14)15/h7-8H,2-6,9-12H2,1H3/q+1. The molecule has 4 nitrogen and oxygen atoms in total. The molecule has 4 heteroatoms. The Morgan fingerprint density at radius 1 is 1.24 bits per heavy atom. The van der Waals surface area contributed by atoms with Gasteiger partial charge in [0, 0.05) is 13.0 Å². The molecule has 0 bridgehead atoms. The van der Waals surface area contributed by atoms with Crippen LogP contribution < -0.4 is 4.57 Å². The summed E-state index contributed by atoms with van der Waals surface area (Å²) in [5.74, 6) is 1.45. The first-order valence-electron chi connectivity index (χ1n) is 6.64. The van der Waals surface area contributed by atoms with Crippen molar-refractivity contribution in [3.63, 3.8) is 0 Å². The molecule has 17 heavy (non-hydrogen) atoms. The predicted molar refractivity (Wildman–Crippen MR) is 64.9 cm³/mol. The van der Waals surface area contributed by atoms with E-state index in [4.69, 9.17) is 9.47 Å². The zero-order chi connectivity index (χ0) is 11.9. The molecule has 0 atom stereocenters. The van der Waals surface area contributed by atoms with Gasteiger partial charge in [0.1, 0.15) is 18.9 Å². The number of aryl methyl sites for hydroxylation is 1. The number of rotatable bonds is 7. The molecule has 0 aromatic carbocycles. The van der Waals surface area contributed by atoms with E-state index in [9.17, 15) is 0 Å². The van der Waals surface area contributed by atoms with E-state index in [2.05, 4.69) is 21.5 Å². The van der Waals surface area contributed by atoms with Crippen LogP contribution in [0.15, 0.2) is 12.4 Å². The van der Waals surface area contributed by atoms with E-state index >= 15 is 0 Å². The summed E-state index contributed by atoms with van der Waals surface area (Å²) in [4.78, 5) is 0. The first-order valence-corrected chi connectivity index (χ1v) is 6.64. The highest BCUT2D eigenvalue weighted by molar-refractivity contribution is 4.85. The molecule has 1 aromatic rings. The molecule has 1 aliphatic heterocycles. The smallest absolute Gasteiger partial charge is 0.256 e. The zero-order valence-electron chi connectivity index (χ0n) is 10.7. The van der Waals surface area contributed by atoms with Crippen molar-refractivity contribution in [2.75, 3.05) is 26.4 Å². The summed E-state index contributed by atoms with van der Waals surface area (Å²) in [6.07, 6.45) is 8.19. The molecule has 1 aliphatic rings. The molecule has 2 rings (SSSR count). The van der Waals surface area contributed by atoms with Gasteiger partial charge in [0.2, 0.25) is 0 Å². The van der Waals surface area contributed by atoms with Gasteiger partial charge < -0.3 is 9.47 Å². The van der Waals surface area contributed by atoms with Crippen molar-refractivity contribution in [3.8, 4) is 0 Å². The van der Waals surface area contributed by atoms with Crippen LogP contribution in [0.5, 0.6) is 0 Å². The van der Waals surface area contributed by atoms with E-state index in [1.165, 1.54) is 31.6 Å². The molecule has 0 saturated carbocycles. The highest BCUT2D eigenvalue weighted by atomic mass is 16.5. The quantitative estimate of drug-likeness (QED) is 0.527. The Balaban J connectivity index is 1.70. The molecule has 0 amide bonds. The normalized spacial score (nSPS) is 14.9. The molecule has 2 heterocycles. The number of aromatic nitrogens is 2. The lowest BCUT2D eigenvalue weighted by Gasteiger charge is -2.09. The van der Waals surface area contributed by atoms with Crippen LogP contribution in [-0.4, -0.2) is 31.0 Å². The van der Waals surface area contributed by atoms with Crippen molar-refractivity contribution in [1.29, 1.82) is 0 Å². The second kappa shape index (κ2) is 6.77. The minimum Gasteiger partial charge on any atom is -0.379 e. The Morgan fingerprint density at radius 2 is 2.12 bits per heavy atom. The van der Waals surface area contributed by atoms with Crippen LogP contribution in [0.25, 0.3) is 0 Å². The lowest BCUT2D eigenvalue weighted by atomic mass is 10.2. The Kier molecular flexibility index (Phi) is 5.01. The molecule has 0 saturated heterocycles. The van der Waals surface area contributed by atoms with Gasteiger partial charge in [-0.15, -0.1) is 0 Å². The highest BCUT2D eigenvalue weighted by Gasteiger charge is 2.19. The summed E-state index contributed by atoms with van der Waals surface area (Å²) in [5, 5.41) is 0. The summed E-state index contributed by atoms with van der Waals surface area (Å²) in [6.45, 7) is 7.07. The highest BCUT2D eigenvalue weighted by Crippen LogP contribution is 2.08. The Morgan fingerprint density at radius 3 is 3.00 bits per heavy atom. The van der Waals surface area contributed by atoms with E-state index in [0.29, 0.717) is 13.2 Å². The number of imidazole rings is 1. The Bertz CT molecular complexity index is 336. The fraction of sp³-hybridized carbons (Fsp3) is 0.769. The first-order chi connectivity index (χ1) is 8.42. The zero-order valence-corrected chi connectivity index (χ0v) is 10.7. The summed E-state index contributed by atoms with van der Waals surface area (Å²) in [7, 11) is 0. The maximum Gasteiger partial charge on any atom is 0.256 e. The molecule has 96 valence electrons. The topological polar surface area (TPSA) is 27.3 Å². The minimum absolute atomic E-state index is 0.699. The first kappa shape index (κ1) is 12.6. The van der Waals surface area contributed by atoms with Crippen molar-refractivity contribution in [1.82, 2.24) is 4.57 Å². The predicted octanol–water partition coefficient (Wildman–Crippen LogP) is 1.16. The summed E-state index contributed by atoms with van der Waals surface area (Å²) in [6, 6.07) is 0. The minimum atomic E-state index is 0.699. The maximum absolute atomic E-state index is 5.54. The van der Waals surface area contributed by atoms with Gasteiger partial charge in [0.25, 0.3) is 5.82 Å². The third-order valence-corrected chi connectivity index (χ3v) is 3.19. The molecule has 0 spiro atoms. The van der Waals surface area contributed by atoms with Gasteiger partial charge in [-0.25, -0.2) is 9.13 Å². The van der Waals surface area contributed by atoms with Gasteiger partial charge in [-0.2, -0.15) is 0 Å². The van der Waals surface area contributed by atoms with Crippen molar-refractivity contribution >= 4 is 0 Å². The van der Waals surface area contributed by atoms with E-state index < -0.39 is 0 Å². The lowest BCUT2D eigenvalue weighted by Crippen LogP contribution is -2.40. The summed E-state index contributed by atoms with van der Waals surface area (Å²) < 4.78 is 15.5. The van der Waals surface area contributed by atoms with Gasteiger partial charge >= 0.3 is 0 Å². The average molecular weight is 239 g/mol. The Hall–Kier alpha value is -0.870. The van der Waals surface area contributed by atoms with Crippen molar-refractivity contribution in [3.05, 3.63) is 18.2 Å². The lowest BCUT2D eigenvalue weighted by molar-refractivity contribution is -0.709. The fourth-order valence-electron chi connectivity index (χ4n) is 2.28. The van der Waals surface area contributed by atoms with Gasteiger partial charge in [0.15, 0.2) is 0 Å². The van der Waals surface area contributed by atoms with E-state index in [0.717, 1.165) is 19.8 Å². The SMILES string of the molecule is CCOCCOCCn1cc[n+]2c1CCCC2. The van der Waals surface area contributed by atoms with Crippen LogP contribution in [0.1, 0.15) is 25.6 Å². The number of nitrogens with zero attached hydrogens (tertiary/aromatic N) is 2. The van der Waals surface area contributed by atoms with E-state index in [1.54, 1.807) is 0 Å². The number of ether oxygens (including phenoxy) is 2. The molecule has 1 aromatic heterocycles. The average Bonchev–Trinajstić information content (AvgIpc) is 2.77. The molecule has 0 N–H and O–H groups in total. The number of fused-ring (bicyclic) bond motifs is 1. The van der Waals surface area contributed by atoms with E-state index in [-0.39, 0.29) is 0 Å². The monoisotopic (exact) mass is 239 g/mol. The molecule has 0 unspecified atom stereocenters. The molecule has 0 fully saturated rings. The fourth-order valence-corrected chi connectivity index (χ4v) is 2.28. The van der Waals surface area contributed by atoms with Crippen molar-refractivity contribution < 1.29 is 14.0 Å². The van der Waals surface area contributed by atoms with Crippen LogP contribution in [0, 0.1) is 0 Å². The largest absolute Gasteiger partial charge is 0.379 e. The van der Waals surface area contributed by atoms with Crippen LogP contribution in [0.2, 0.25) is 0 Å². The third-order valence-electron chi connectivity index (χ3n) is 3.19. The second-order valence-electron chi connectivity index (χ2n) is 4.37. The van der Waals surface area contributed by atoms with Gasteiger partial charge in [-0.3, -0.25) is 0 Å². The van der Waals surface area contributed by atoms with Gasteiger partial charge in [0.05, 0.1) is 26.4 Å². The molecule has 0 aliphatic carbocycles. The van der Waals surface area contributed by atoms with Crippen molar-refractivity contribution in [2.24, 2.45) is 0 Å². The Labute approximate surface area is 103 Å². The van der Waals surface area contributed by atoms with Crippen molar-refractivity contribution in [2.45, 2.75) is 39.3 Å². The maximum atomic E-state index is 5.54. The van der Waals surface area contributed by atoms with Crippen LogP contribution in [0.4, 0.5) is 0 Å². The number of hydrogen-bond donors (Lipinski definition) is 0. The van der Waals surface area contributed by atoms with Gasteiger partial charge in [-0.05, 0) is 19.8 Å². The third kappa shape index (κ3) is 3.54. The molecule has 0 radical (unpaired) electrons. The summed E-state index contributed by atoms with van der Waals surface area (Å²) in [5.41, 5.74) is 0. The summed E-state index contributed by atoms with van der Waals surface area (Å²) >= 11 is 0. The number of hydrogen-bond acceptors (Lipinski definition) is 2. The molecular weight excluding hydrogens is 216 g/mol.